The van der Waals surface area contributed by atoms with Crippen molar-refractivity contribution in [2.24, 2.45) is 0 Å². The van der Waals surface area contributed by atoms with E-state index in [-0.39, 0.29) is 0 Å². The van der Waals surface area contributed by atoms with Crippen LogP contribution in [0.3, 0.4) is 0 Å². The first kappa shape index (κ1) is 17.6. The molecule has 2 aromatic heterocycles. The zero-order chi connectivity index (χ0) is 19.6. The molecule has 1 saturated heterocycles. The van der Waals surface area contributed by atoms with Gasteiger partial charge in [0.25, 0.3) is 0 Å². The molecule has 8 nitrogen and oxygen atoms in total. The Morgan fingerprint density at radius 3 is 2.38 bits per heavy atom. The number of hydrogen-bond donors (Lipinski definition) is 1. The molecule has 146 valence electrons. The summed E-state index contributed by atoms with van der Waals surface area (Å²) in [6, 6.07) is 18.3. The molecule has 8 heteroatoms. The van der Waals surface area contributed by atoms with E-state index >= 15 is 0 Å². The fourth-order valence-corrected chi connectivity index (χ4v) is 3.78. The summed E-state index contributed by atoms with van der Waals surface area (Å²) in [5.41, 5.74) is 10.0. The van der Waals surface area contributed by atoms with Crippen LogP contribution in [-0.2, 0) is 6.54 Å². The van der Waals surface area contributed by atoms with Crippen molar-refractivity contribution in [3.05, 3.63) is 66.5 Å². The second kappa shape index (κ2) is 7.48. The fourth-order valence-electron chi connectivity index (χ4n) is 3.78. The molecule has 1 fully saturated rings. The van der Waals surface area contributed by atoms with Crippen LogP contribution in [0.25, 0.3) is 16.9 Å². The van der Waals surface area contributed by atoms with E-state index in [1.54, 1.807) is 11.0 Å². The SMILES string of the molecule is Nc1c(N2CCN(Cc3ccccc3)CC2)ncnc1-n1nnc2ccccc21. The lowest BCUT2D eigenvalue weighted by atomic mass is 10.2. The summed E-state index contributed by atoms with van der Waals surface area (Å²) in [6.45, 7) is 4.61. The molecule has 0 aliphatic carbocycles. The van der Waals surface area contributed by atoms with Gasteiger partial charge in [0.15, 0.2) is 11.6 Å². The van der Waals surface area contributed by atoms with Gasteiger partial charge in [-0.3, -0.25) is 4.90 Å². The van der Waals surface area contributed by atoms with Crippen molar-refractivity contribution in [3.8, 4) is 5.82 Å². The number of nitrogens with zero attached hydrogens (tertiary/aromatic N) is 7. The minimum absolute atomic E-state index is 0.527. The standard InChI is InChI=1S/C21H22N8/c22-19-20(28-12-10-27(11-13-28)14-16-6-2-1-3-7-16)23-15-24-21(19)29-18-9-5-4-8-17(18)25-26-29/h1-9,15H,10-14,22H2. The van der Waals surface area contributed by atoms with Crippen LogP contribution in [0.5, 0.6) is 0 Å². The molecular formula is C21H22N8. The number of hydrogen-bond acceptors (Lipinski definition) is 7. The number of para-hydroxylation sites is 1. The summed E-state index contributed by atoms with van der Waals surface area (Å²) in [5.74, 6) is 1.32. The van der Waals surface area contributed by atoms with Crippen LogP contribution in [-0.4, -0.2) is 56.0 Å². The van der Waals surface area contributed by atoms with E-state index < -0.39 is 0 Å². The van der Waals surface area contributed by atoms with E-state index in [4.69, 9.17) is 5.73 Å². The second-order valence-electron chi connectivity index (χ2n) is 7.17. The van der Waals surface area contributed by atoms with Crippen molar-refractivity contribution >= 4 is 22.5 Å². The zero-order valence-electron chi connectivity index (χ0n) is 16.0. The van der Waals surface area contributed by atoms with Gasteiger partial charge >= 0.3 is 0 Å². The van der Waals surface area contributed by atoms with Gasteiger partial charge in [-0.15, -0.1) is 5.10 Å². The normalized spacial score (nSPS) is 15.1. The number of fused-ring (bicyclic) bond motifs is 1. The Kier molecular flexibility index (Phi) is 4.53. The van der Waals surface area contributed by atoms with E-state index in [1.807, 2.05) is 24.3 Å². The second-order valence-corrected chi connectivity index (χ2v) is 7.17. The van der Waals surface area contributed by atoms with Gasteiger partial charge in [0.1, 0.15) is 17.5 Å². The van der Waals surface area contributed by atoms with Gasteiger partial charge in [0.05, 0.1) is 5.52 Å². The molecule has 0 atom stereocenters. The number of benzene rings is 2. The van der Waals surface area contributed by atoms with Gasteiger partial charge in [-0.05, 0) is 17.7 Å². The monoisotopic (exact) mass is 386 g/mol. The summed E-state index contributed by atoms with van der Waals surface area (Å²) in [4.78, 5) is 13.5. The maximum absolute atomic E-state index is 6.49. The Bertz CT molecular complexity index is 1120. The topological polar surface area (TPSA) is 89.0 Å². The van der Waals surface area contributed by atoms with Crippen LogP contribution in [0.15, 0.2) is 60.9 Å². The Balaban J connectivity index is 1.36. The van der Waals surface area contributed by atoms with Crippen LogP contribution in [0.1, 0.15) is 5.56 Å². The lowest BCUT2D eigenvalue weighted by Crippen LogP contribution is -2.46. The molecule has 0 saturated carbocycles. The third-order valence-corrected chi connectivity index (χ3v) is 5.32. The lowest BCUT2D eigenvalue weighted by Gasteiger charge is -2.35. The third-order valence-electron chi connectivity index (χ3n) is 5.32. The molecule has 5 rings (SSSR count). The quantitative estimate of drug-likeness (QED) is 0.575. The predicted molar refractivity (Wildman–Crippen MR) is 113 cm³/mol. The molecule has 0 amide bonds. The molecule has 1 aliphatic heterocycles. The number of nitrogen functional groups attached to an aromatic ring is 1. The van der Waals surface area contributed by atoms with Crippen molar-refractivity contribution in [1.82, 2.24) is 29.9 Å². The molecule has 0 radical (unpaired) electrons. The molecule has 2 N–H and O–H groups in total. The highest BCUT2D eigenvalue weighted by atomic mass is 15.4. The van der Waals surface area contributed by atoms with Gasteiger partial charge in [-0.1, -0.05) is 47.7 Å². The maximum Gasteiger partial charge on any atom is 0.184 e. The first-order valence-corrected chi connectivity index (χ1v) is 9.72. The largest absolute Gasteiger partial charge is 0.393 e. The number of nitrogens with two attached hydrogens (primary N) is 1. The molecule has 0 spiro atoms. The van der Waals surface area contributed by atoms with Gasteiger partial charge in [-0.25, -0.2) is 9.97 Å². The van der Waals surface area contributed by atoms with E-state index in [0.717, 1.165) is 49.6 Å². The number of rotatable bonds is 4. The summed E-state index contributed by atoms with van der Waals surface area (Å²) in [6.07, 6.45) is 1.55. The predicted octanol–water partition coefficient (Wildman–Crippen LogP) is 2.11. The minimum Gasteiger partial charge on any atom is -0.393 e. The average molecular weight is 386 g/mol. The molecule has 1 aliphatic rings. The minimum atomic E-state index is 0.527. The molecule has 3 heterocycles. The smallest absolute Gasteiger partial charge is 0.184 e. The maximum atomic E-state index is 6.49. The van der Waals surface area contributed by atoms with Gasteiger partial charge in [-0.2, -0.15) is 4.68 Å². The van der Waals surface area contributed by atoms with Crippen molar-refractivity contribution in [3.63, 3.8) is 0 Å². The third kappa shape index (κ3) is 3.38. The van der Waals surface area contributed by atoms with Gasteiger partial charge < -0.3 is 10.6 Å². The number of piperazine rings is 1. The Labute approximate surface area is 168 Å². The Hall–Kier alpha value is -3.52. The summed E-state index contributed by atoms with van der Waals surface area (Å²) in [5, 5.41) is 8.45. The van der Waals surface area contributed by atoms with Crippen molar-refractivity contribution < 1.29 is 0 Å². The molecular weight excluding hydrogens is 364 g/mol. The van der Waals surface area contributed by atoms with E-state index in [0.29, 0.717) is 11.5 Å². The number of aromatic nitrogens is 5. The van der Waals surface area contributed by atoms with Gasteiger partial charge in [0, 0.05) is 32.7 Å². The Morgan fingerprint density at radius 2 is 1.55 bits per heavy atom. The molecule has 29 heavy (non-hydrogen) atoms. The van der Waals surface area contributed by atoms with Crippen molar-refractivity contribution in [2.75, 3.05) is 36.8 Å². The van der Waals surface area contributed by atoms with Crippen LogP contribution >= 0.6 is 0 Å². The summed E-state index contributed by atoms with van der Waals surface area (Å²) < 4.78 is 1.68. The van der Waals surface area contributed by atoms with Crippen LogP contribution in [0, 0.1) is 0 Å². The number of anilines is 2. The van der Waals surface area contributed by atoms with E-state index in [9.17, 15) is 0 Å². The first-order valence-electron chi connectivity index (χ1n) is 9.72. The molecule has 0 bridgehead atoms. The van der Waals surface area contributed by atoms with Gasteiger partial charge in [0.2, 0.25) is 0 Å². The highest BCUT2D eigenvalue weighted by Gasteiger charge is 2.22. The summed E-state index contributed by atoms with van der Waals surface area (Å²) >= 11 is 0. The zero-order valence-corrected chi connectivity index (χ0v) is 16.0. The highest BCUT2D eigenvalue weighted by Crippen LogP contribution is 2.27. The van der Waals surface area contributed by atoms with Crippen LogP contribution in [0.2, 0.25) is 0 Å². The Morgan fingerprint density at radius 1 is 0.828 bits per heavy atom. The van der Waals surface area contributed by atoms with Crippen LogP contribution < -0.4 is 10.6 Å². The average Bonchev–Trinajstić information content (AvgIpc) is 3.19. The van der Waals surface area contributed by atoms with E-state index in [2.05, 4.69) is 60.4 Å². The lowest BCUT2D eigenvalue weighted by molar-refractivity contribution is 0.249. The molecule has 4 aromatic rings. The molecule has 0 unspecified atom stereocenters. The van der Waals surface area contributed by atoms with Crippen molar-refractivity contribution in [1.29, 1.82) is 0 Å². The van der Waals surface area contributed by atoms with E-state index in [1.165, 1.54) is 5.56 Å². The summed E-state index contributed by atoms with van der Waals surface area (Å²) in [7, 11) is 0. The first-order chi connectivity index (χ1) is 14.3. The molecule has 2 aromatic carbocycles. The highest BCUT2D eigenvalue weighted by molar-refractivity contribution is 5.79. The fraction of sp³-hybridized carbons (Fsp3) is 0.238. The van der Waals surface area contributed by atoms with Crippen LogP contribution in [0.4, 0.5) is 11.5 Å². The van der Waals surface area contributed by atoms with Crippen molar-refractivity contribution in [2.45, 2.75) is 6.54 Å².